The molecule has 24 heavy (non-hydrogen) atoms. The van der Waals surface area contributed by atoms with Crippen molar-refractivity contribution in [3.8, 4) is 5.75 Å². The smallest absolute Gasteiger partial charge is 0.225 e. The molecule has 0 bridgehead atoms. The number of likely N-dealkylation sites (tertiary alicyclic amines) is 1. The first-order valence-corrected chi connectivity index (χ1v) is 8.95. The molecule has 1 amide bonds. The Morgan fingerprint density at radius 2 is 1.92 bits per heavy atom. The van der Waals surface area contributed by atoms with Crippen molar-refractivity contribution in [3.63, 3.8) is 0 Å². The number of hydrogen-bond donors (Lipinski definition) is 1. The van der Waals surface area contributed by atoms with Gasteiger partial charge in [0.2, 0.25) is 5.91 Å². The normalized spacial score (nSPS) is 16.1. The van der Waals surface area contributed by atoms with Gasteiger partial charge in [-0.3, -0.25) is 9.69 Å². The van der Waals surface area contributed by atoms with Crippen LogP contribution >= 0.6 is 0 Å². The summed E-state index contributed by atoms with van der Waals surface area (Å²) >= 11 is 0. The van der Waals surface area contributed by atoms with Crippen LogP contribution in [0.3, 0.4) is 0 Å². The predicted octanol–water partition coefficient (Wildman–Crippen LogP) is 3.32. The SMILES string of the molecule is CNC(=O)C1CN(Cc2ccc(OCC(C)(C)CC(C)C)cc2)C1. The first-order chi connectivity index (χ1) is 11.3. The van der Waals surface area contributed by atoms with E-state index in [0.29, 0.717) is 5.92 Å². The summed E-state index contributed by atoms with van der Waals surface area (Å²) in [5.74, 6) is 1.92. The molecule has 2 rings (SSSR count). The standard InChI is InChI=1S/C20H32N2O2/c1-15(2)10-20(3,4)14-24-18-8-6-16(7-9-18)11-22-12-17(13-22)19(23)21-5/h6-9,15,17H,10-14H2,1-5H3,(H,21,23). The minimum atomic E-state index is 0.152. The van der Waals surface area contributed by atoms with Gasteiger partial charge in [0.15, 0.2) is 0 Å². The number of nitrogens with zero attached hydrogens (tertiary/aromatic N) is 1. The van der Waals surface area contributed by atoms with Gasteiger partial charge in [0.25, 0.3) is 0 Å². The first kappa shape index (κ1) is 18.8. The lowest BCUT2D eigenvalue weighted by Gasteiger charge is -2.38. The lowest BCUT2D eigenvalue weighted by molar-refractivity contribution is -0.129. The van der Waals surface area contributed by atoms with Crippen molar-refractivity contribution < 1.29 is 9.53 Å². The number of benzene rings is 1. The van der Waals surface area contributed by atoms with Crippen LogP contribution in [0.2, 0.25) is 0 Å². The van der Waals surface area contributed by atoms with Gasteiger partial charge in [-0.25, -0.2) is 0 Å². The number of amides is 1. The molecule has 0 radical (unpaired) electrons. The van der Waals surface area contributed by atoms with E-state index in [2.05, 4.69) is 62.2 Å². The maximum absolute atomic E-state index is 11.5. The Kier molecular flexibility index (Phi) is 6.27. The number of rotatable bonds is 8. The van der Waals surface area contributed by atoms with E-state index in [0.717, 1.165) is 38.4 Å². The van der Waals surface area contributed by atoms with Gasteiger partial charge < -0.3 is 10.1 Å². The summed E-state index contributed by atoms with van der Waals surface area (Å²) in [6.45, 7) is 12.4. The fraction of sp³-hybridized carbons (Fsp3) is 0.650. The van der Waals surface area contributed by atoms with Gasteiger partial charge in [0.05, 0.1) is 12.5 Å². The molecule has 1 saturated heterocycles. The quantitative estimate of drug-likeness (QED) is 0.794. The third-order valence-corrected chi connectivity index (χ3v) is 4.49. The molecule has 1 aromatic rings. The highest BCUT2D eigenvalue weighted by molar-refractivity contribution is 5.79. The van der Waals surface area contributed by atoms with Gasteiger partial charge in [-0.05, 0) is 35.4 Å². The molecule has 4 nitrogen and oxygen atoms in total. The summed E-state index contributed by atoms with van der Waals surface area (Å²) in [5, 5.41) is 2.71. The third-order valence-electron chi connectivity index (χ3n) is 4.49. The highest BCUT2D eigenvalue weighted by Gasteiger charge is 2.31. The highest BCUT2D eigenvalue weighted by atomic mass is 16.5. The Hall–Kier alpha value is -1.55. The maximum atomic E-state index is 11.5. The average molecular weight is 332 g/mol. The van der Waals surface area contributed by atoms with E-state index in [4.69, 9.17) is 4.74 Å². The second kappa shape index (κ2) is 8.02. The zero-order valence-electron chi connectivity index (χ0n) is 15.8. The van der Waals surface area contributed by atoms with E-state index < -0.39 is 0 Å². The fourth-order valence-electron chi connectivity index (χ4n) is 3.46. The first-order valence-electron chi connectivity index (χ1n) is 8.95. The molecule has 0 spiro atoms. The molecular weight excluding hydrogens is 300 g/mol. The molecular formula is C20H32N2O2. The minimum absolute atomic E-state index is 0.152. The molecule has 4 heteroatoms. The van der Waals surface area contributed by atoms with Crippen LogP contribution in [0.15, 0.2) is 24.3 Å². The second-order valence-corrected chi connectivity index (χ2v) is 8.20. The molecule has 0 aromatic heterocycles. The van der Waals surface area contributed by atoms with Crippen LogP contribution in [-0.2, 0) is 11.3 Å². The van der Waals surface area contributed by atoms with E-state index in [9.17, 15) is 4.79 Å². The highest BCUT2D eigenvalue weighted by Crippen LogP contribution is 2.27. The topological polar surface area (TPSA) is 41.6 Å². The van der Waals surface area contributed by atoms with Crippen molar-refractivity contribution in [3.05, 3.63) is 29.8 Å². The Morgan fingerprint density at radius 1 is 1.29 bits per heavy atom. The summed E-state index contributed by atoms with van der Waals surface area (Å²) in [6, 6.07) is 8.35. The van der Waals surface area contributed by atoms with E-state index in [1.807, 2.05) is 0 Å². The van der Waals surface area contributed by atoms with E-state index in [1.165, 1.54) is 5.56 Å². The van der Waals surface area contributed by atoms with Gasteiger partial charge in [0.1, 0.15) is 5.75 Å². The molecule has 0 unspecified atom stereocenters. The molecule has 1 aliphatic rings. The molecule has 1 N–H and O–H groups in total. The van der Waals surface area contributed by atoms with Crippen LogP contribution < -0.4 is 10.1 Å². The molecule has 1 fully saturated rings. The maximum Gasteiger partial charge on any atom is 0.225 e. The lowest BCUT2D eigenvalue weighted by Crippen LogP contribution is -2.52. The van der Waals surface area contributed by atoms with Crippen LogP contribution in [0.25, 0.3) is 0 Å². The molecule has 1 aromatic carbocycles. The Labute approximate surface area is 146 Å². The molecule has 0 aliphatic carbocycles. The van der Waals surface area contributed by atoms with Crippen LogP contribution in [0, 0.1) is 17.3 Å². The molecule has 0 saturated carbocycles. The number of hydrogen-bond acceptors (Lipinski definition) is 3. The van der Waals surface area contributed by atoms with Crippen LogP contribution in [0.5, 0.6) is 5.75 Å². The van der Waals surface area contributed by atoms with Crippen LogP contribution in [0.1, 0.15) is 39.7 Å². The summed E-state index contributed by atoms with van der Waals surface area (Å²) in [6.07, 6.45) is 1.16. The Morgan fingerprint density at radius 3 is 2.46 bits per heavy atom. The average Bonchev–Trinajstić information content (AvgIpc) is 2.47. The minimum Gasteiger partial charge on any atom is -0.493 e. The van der Waals surface area contributed by atoms with Crippen LogP contribution in [0.4, 0.5) is 0 Å². The third kappa shape index (κ3) is 5.52. The largest absolute Gasteiger partial charge is 0.493 e. The van der Waals surface area contributed by atoms with Gasteiger partial charge in [0, 0.05) is 26.7 Å². The summed E-state index contributed by atoms with van der Waals surface area (Å²) in [7, 11) is 1.70. The fourth-order valence-corrected chi connectivity index (χ4v) is 3.46. The second-order valence-electron chi connectivity index (χ2n) is 8.20. The number of ether oxygens (including phenoxy) is 1. The van der Waals surface area contributed by atoms with E-state index >= 15 is 0 Å². The number of nitrogens with one attached hydrogen (secondary N) is 1. The van der Waals surface area contributed by atoms with Crippen molar-refractivity contribution in [2.45, 2.75) is 40.7 Å². The molecule has 1 aliphatic heterocycles. The Balaban J connectivity index is 1.76. The summed E-state index contributed by atoms with van der Waals surface area (Å²) < 4.78 is 5.97. The monoisotopic (exact) mass is 332 g/mol. The van der Waals surface area contributed by atoms with Gasteiger partial charge >= 0.3 is 0 Å². The van der Waals surface area contributed by atoms with Crippen molar-refractivity contribution in [1.29, 1.82) is 0 Å². The van der Waals surface area contributed by atoms with Gasteiger partial charge in [-0.15, -0.1) is 0 Å². The van der Waals surface area contributed by atoms with Gasteiger partial charge in [-0.1, -0.05) is 39.8 Å². The van der Waals surface area contributed by atoms with Crippen molar-refractivity contribution in [1.82, 2.24) is 10.2 Å². The molecule has 0 atom stereocenters. The lowest BCUT2D eigenvalue weighted by atomic mass is 9.85. The summed E-state index contributed by atoms with van der Waals surface area (Å²) in [5.41, 5.74) is 1.46. The zero-order valence-corrected chi connectivity index (χ0v) is 15.8. The van der Waals surface area contributed by atoms with Crippen molar-refractivity contribution in [2.24, 2.45) is 17.3 Å². The van der Waals surface area contributed by atoms with Crippen LogP contribution in [-0.4, -0.2) is 37.6 Å². The molecule has 134 valence electrons. The summed E-state index contributed by atoms with van der Waals surface area (Å²) in [4.78, 5) is 13.8. The van der Waals surface area contributed by atoms with Crippen molar-refractivity contribution in [2.75, 3.05) is 26.7 Å². The zero-order chi connectivity index (χ0) is 17.7. The Bertz CT molecular complexity index is 531. The van der Waals surface area contributed by atoms with Gasteiger partial charge in [-0.2, -0.15) is 0 Å². The number of carbonyl (C=O) groups excluding carboxylic acids is 1. The van der Waals surface area contributed by atoms with E-state index in [-0.39, 0.29) is 17.2 Å². The van der Waals surface area contributed by atoms with Crippen molar-refractivity contribution >= 4 is 5.91 Å². The molecule has 1 heterocycles. The van der Waals surface area contributed by atoms with E-state index in [1.54, 1.807) is 7.05 Å². The number of carbonyl (C=O) groups is 1. The predicted molar refractivity (Wildman–Crippen MR) is 98.0 cm³/mol.